The fraction of sp³-hybridized carbons (Fsp3) is 0.833. The Morgan fingerprint density at radius 2 is 2.50 bits per heavy atom. The van der Waals surface area contributed by atoms with Crippen LogP contribution in [0.2, 0.25) is 0 Å². The lowest BCUT2D eigenvalue weighted by Gasteiger charge is -2.10. The molecule has 0 amide bonds. The van der Waals surface area contributed by atoms with E-state index in [1.807, 2.05) is 13.8 Å². The van der Waals surface area contributed by atoms with Crippen molar-refractivity contribution in [1.29, 1.82) is 0 Å². The Morgan fingerprint density at radius 1 is 1.75 bits per heavy atom. The molecule has 1 atom stereocenters. The van der Waals surface area contributed by atoms with Gasteiger partial charge in [-0.3, -0.25) is 0 Å². The number of rotatable bonds is 4. The van der Waals surface area contributed by atoms with E-state index in [-0.39, 0.29) is 6.10 Å². The summed E-state index contributed by atoms with van der Waals surface area (Å²) in [6.45, 7) is 5.31. The van der Waals surface area contributed by atoms with Crippen LogP contribution in [0.15, 0.2) is 0 Å². The van der Waals surface area contributed by atoms with Gasteiger partial charge in [0.25, 0.3) is 0 Å². The van der Waals surface area contributed by atoms with Gasteiger partial charge in [-0.05, 0) is 26.1 Å². The second-order valence-electron chi connectivity index (χ2n) is 2.46. The highest BCUT2D eigenvalue weighted by atomic mass is 32.1. The van der Waals surface area contributed by atoms with E-state index in [0.717, 1.165) is 0 Å². The first-order valence-electron chi connectivity index (χ1n) is 3.83. The first kappa shape index (κ1) is 9.34. The standard InChI is InChI=1S/C6H12N4OS/c1-3-11-5(2)4-10-6(12)7-8-9-10/h5H,3-4H2,1-2H3,(H,7,9,12). The fourth-order valence-electron chi connectivity index (χ4n) is 0.929. The van der Waals surface area contributed by atoms with Gasteiger partial charge >= 0.3 is 0 Å². The summed E-state index contributed by atoms with van der Waals surface area (Å²) in [6.07, 6.45) is 0.129. The smallest absolute Gasteiger partial charge is 0.238 e. The Labute approximate surface area is 75.7 Å². The summed E-state index contributed by atoms with van der Waals surface area (Å²) in [4.78, 5) is 0. The van der Waals surface area contributed by atoms with Crippen molar-refractivity contribution in [2.75, 3.05) is 6.61 Å². The van der Waals surface area contributed by atoms with Gasteiger partial charge in [-0.1, -0.05) is 10.3 Å². The van der Waals surface area contributed by atoms with E-state index in [1.54, 1.807) is 4.68 Å². The molecule has 12 heavy (non-hydrogen) atoms. The SMILES string of the molecule is CCOC(C)Cn1[nH]nnc1=S. The Balaban J connectivity index is 2.52. The average molecular weight is 188 g/mol. The maximum Gasteiger partial charge on any atom is 0.238 e. The van der Waals surface area contributed by atoms with Crippen LogP contribution in [-0.4, -0.2) is 32.9 Å². The zero-order valence-electron chi connectivity index (χ0n) is 7.15. The Morgan fingerprint density at radius 3 is 3.00 bits per heavy atom. The normalized spacial score (nSPS) is 13.2. The van der Waals surface area contributed by atoms with Crippen LogP contribution in [0.25, 0.3) is 0 Å². The molecule has 0 spiro atoms. The molecule has 0 radical (unpaired) electrons. The van der Waals surface area contributed by atoms with Gasteiger partial charge in [0.05, 0.1) is 12.6 Å². The molecule has 1 unspecified atom stereocenters. The molecule has 0 fully saturated rings. The van der Waals surface area contributed by atoms with Gasteiger partial charge < -0.3 is 4.74 Å². The number of hydrogen-bond acceptors (Lipinski definition) is 4. The van der Waals surface area contributed by atoms with Gasteiger partial charge in [0, 0.05) is 6.61 Å². The first-order valence-corrected chi connectivity index (χ1v) is 4.24. The molecule has 1 aromatic heterocycles. The molecule has 6 heteroatoms. The third kappa shape index (κ3) is 2.38. The summed E-state index contributed by atoms with van der Waals surface area (Å²) in [5.41, 5.74) is 0. The molecule has 1 N–H and O–H groups in total. The van der Waals surface area contributed by atoms with Crippen molar-refractivity contribution in [3.63, 3.8) is 0 Å². The zero-order valence-corrected chi connectivity index (χ0v) is 7.97. The number of nitrogens with zero attached hydrogens (tertiary/aromatic N) is 3. The Kier molecular flexibility index (Phi) is 3.36. The lowest BCUT2D eigenvalue weighted by molar-refractivity contribution is 0.0607. The molecule has 68 valence electrons. The molecule has 0 aromatic carbocycles. The van der Waals surface area contributed by atoms with Crippen LogP contribution < -0.4 is 0 Å². The average Bonchev–Trinajstić information content (AvgIpc) is 2.37. The van der Waals surface area contributed by atoms with Crippen molar-refractivity contribution >= 4 is 12.2 Å². The van der Waals surface area contributed by atoms with Crippen molar-refractivity contribution in [2.45, 2.75) is 26.5 Å². The van der Waals surface area contributed by atoms with E-state index in [2.05, 4.69) is 15.5 Å². The lowest BCUT2D eigenvalue weighted by Crippen LogP contribution is -2.17. The molecule has 1 heterocycles. The number of ether oxygens (including phenoxy) is 1. The number of aromatic amines is 1. The van der Waals surface area contributed by atoms with Crippen LogP contribution in [0.4, 0.5) is 0 Å². The van der Waals surface area contributed by atoms with Gasteiger partial charge in [-0.2, -0.15) is 5.21 Å². The highest BCUT2D eigenvalue weighted by Crippen LogP contribution is 1.94. The summed E-state index contributed by atoms with van der Waals surface area (Å²) in [5, 5.41) is 9.88. The second-order valence-corrected chi connectivity index (χ2v) is 2.82. The summed E-state index contributed by atoms with van der Waals surface area (Å²) < 4.78 is 7.46. The largest absolute Gasteiger partial charge is 0.377 e. The number of H-pyrrole nitrogens is 1. The molecular weight excluding hydrogens is 176 g/mol. The van der Waals surface area contributed by atoms with Crippen LogP contribution in [0.5, 0.6) is 0 Å². The van der Waals surface area contributed by atoms with Crippen molar-refractivity contribution < 1.29 is 4.74 Å². The fourth-order valence-corrected chi connectivity index (χ4v) is 1.09. The minimum absolute atomic E-state index is 0.129. The van der Waals surface area contributed by atoms with Crippen molar-refractivity contribution in [3.05, 3.63) is 4.77 Å². The van der Waals surface area contributed by atoms with E-state index >= 15 is 0 Å². The monoisotopic (exact) mass is 188 g/mol. The molecule has 0 aliphatic carbocycles. The van der Waals surface area contributed by atoms with Crippen LogP contribution in [0.3, 0.4) is 0 Å². The maximum atomic E-state index is 5.33. The summed E-state index contributed by atoms with van der Waals surface area (Å²) in [7, 11) is 0. The Hall–Kier alpha value is -0.750. The van der Waals surface area contributed by atoms with Gasteiger partial charge in [0.1, 0.15) is 0 Å². The minimum Gasteiger partial charge on any atom is -0.377 e. The van der Waals surface area contributed by atoms with Gasteiger partial charge in [0.15, 0.2) is 0 Å². The minimum atomic E-state index is 0.129. The van der Waals surface area contributed by atoms with Crippen molar-refractivity contribution in [2.24, 2.45) is 0 Å². The van der Waals surface area contributed by atoms with Crippen molar-refractivity contribution in [3.8, 4) is 0 Å². The van der Waals surface area contributed by atoms with Crippen molar-refractivity contribution in [1.82, 2.24) is 20.2 Å². The molecule has 0 aliphatic heterocycles. The number of nitrogens with one attached hydrogen (secondary N) is 1. The summed E-state index contributed by atoms with van der Waals surface area (Å²) in [6, 6.07) is 0. The second kappa shape index (κ2) is 4.32. The lowest BCUT2D eigenvalue weighted by atomic mass is 10.4. The summed E-state index contributed by atoms with van der Waals surface area (Å²) in [5.74, 6) is 0. The predicted octanol–water partition coefficient (Wildman–Crippen LogP) is 0.761. The van der Waals surface area contributed by atoms with E-state index in [4.69, 9.17) is 17.0 Å². The topological polar surface area (TPSA) is 55.7 Å². The first-order chi connectivity index (χ1) is 5.74. The third-order valence-corrected chi connectivity index (χ3v) is 1.72. The molecule has 0 bridgehead atoms. The quantitative estimate of drug-likeness (QED) is 0.709. The van der Waals surface area contributed by atoms with Crippen LogP contribution >= 0.6 is 12.2 Å². The van der Waals surface area contributed by atoms with E-state index in [0.29, 0.717) is 17.9 Å². The zero-order chi connectivity index (χ0) is 8.97. The van der Waals surface area contributed by atoms with Gasteiger partial charge in [0.2, 0.25) is 4.77 Å². The molecule has 0 saturated carbocycles. The van der Waals surface area contributed by atoms with Crippen LogP contribution in [-0.2, 0) is 11.3 Å². The maximum absolute atomic E-state index is 5.33. The highest BCUT2D eigenvalue weighted by Gasteiger charge is 2.03. The van der Waals surface area contributed by atoms with Crippen LogP contribution in [0.1, 0.15) is 13.8 Å². The molecule has 5 nitrogen and oxygen atoms in total. The van der Waals surface area contributed by atoms with E-state index in [9.17, 15) is 0 Å². The molecule has 1 aromatic rings. The molecular formula is C6H12N4OS. The third-order valence-electron chi connectivity index (χ3n) is 1.42. The van der Waals surface area contributed by atoms with Crippen LogP contribution in [0, 0.1) is 4.77 Å². The molecule has 0 aliphatic rings. The number of tetrazole rings is 1. The predicted molar refractivity (Wildman–Crippen MR) is 46.3 cm³/mol. The number of aromatic nitrogens is 4. The van der Waals surface area contributed by atoms with Gasteiger partial charge in [-0.15, -0.1) is 0 Å². The highest BCUT2D eigenvalue weighted by molar-refractivity contribution is 7.71. The molecule has 1 rings (SSSR count). The van der Waals surface area contributed by atoms with E-state index in [1.165, 1.54) is 0 Å². The molecule has 0 saturated heterocycles. The number of hydrogen-bond donors (Lipinski definition) is 1. The summed E-state index contributed by atoms with van der Waals surface area (Å²) >= 11 is 4.89. The van der Waals surface area contributed by atoms with E-state index < -0.39 is 0 Å². The van der Waals surface area contributed by atoms with Gasteiger partial charge in [-0.25, -0.2) is 4.68 Å². The Bertz CT molecular complexity index is 281.